The molecule has 0 spiro atoms. The van der Waals surface area contributed by atoms with Gasteiger partial charge in [-0.1, -0.05) is 50.7 Å². The van der Waals surface area contributed by atoms with Crippen molar-refractivity contribution < 1.29 is 34.2 Å². The lowest BCUT2D eigenvalue weighted by atomic mass is 10.1. The number of allylic oxidation sites excluding steroid dienone is 2. The number of nitrogens with zero attached hydrogens (tertiary/aromatic N) is 1. The van der Waals surface area contributed by atoms with Gasteiger partial charge >= 0.3 is 11.9 Å². The number of hydrogen-bond donors (Lipinski definition) is 2. The molecule has 2 N–H and O–H groups in total. The van der Waals surface area contributed by atoms with Gasteiger partial charge < -0.3 is 24.6 Å². The van der Waals surface area contributed by atoms with E-state index in [-0.39, 0.29) is 19.3 Å². The minimum Gasteiger partial charge on any atom is -0.550 e. The van der Waals surface area contributed by atoms with Crippen molar-refractivity contribution in [2.75, 3.05) is 26.2 Å². The summed E-state index contributed by atoms with van der Waals surface area (Å²) >= 11 is 0. The van der Waals surface area contributed by atoms with Crippen LogP contribution in [0, 0.1) is 0 Å². The Hall–Kier alpha value is -1.89. The lowest BCUT2D eigenvalue weighted by Gasteiger charge is -2.39. The molecule has 0 aliphatic carbocycles. The zero-order valence-electron chi connectivity index (χ0n) is 20.8. The van der Waals surface area contributed by atoms with Gasteiger partial charge in [-0.3, -0.25) is 9.59 Å². The number of quaternary nitrogens is 1. The number of carbonyl (C=O) groups excluding carboxylic acids is 1. The molecule has 0 unspecified atom stereocenters. The number of aliphatic carboxylic acids is 3. The van der Waals surface area contributed by atoms with E-state index in [1.54, 1.807) is 0 Å². The van der Waals surface area contributed by atoms with Crippen molar-refractivity contribution in [2.45, 2.75) is 110 Å². The highest BCUT2D eigenvalue weighted by atomic mass is 16.4. The number of hydrogen-bond acceptors (Lipinski definition) is 4. The van der Waals surface area contributed by atoms with Crippen molar-refractivity contribution in [1.29, 1.82) is 0 Å². The van der Waals surface area contributed by atoms with Crippen LogP contribution in [-0.2, 0) is 14.4 Å². The largest absolute Gasteiger partial charge is 0.550 e. The fourth-order valence-electron chi connectivity index (χ4n) is 4.47. The van der Waals surface area contributed by atoms with Gasteiger partial charge in [-0.05, 0) is 39.0 Å². The SMILES string of the molecule is C/C=C/CCCCCCCCCCC[N+](CCCC(=O)[O-])(CCCC(=O)O)CCCC(=O)O. The monoisotopic (exact) mass is 469 g/mol. The van der Waals surface area contributed by atoms with Gasteiger partial charge in [0, 0.05) is 25.2 Å². The molecular formula is C26H47NO6. The molecule has 192 valence electrons. The van der Waals surface area contributed by atoms with Crippen LogP contribution in [0.25, 0.3) is 0 Å². The number of unbranched alkanes of at least 4 members (excludes halogenated alkanes) is 9. The molecule has 0 bridgehead atoms. The van der Waals surface area contributed by atoms with Crippen molar-refractivity contribution in [3.8, 4) is 0 Å². The molecular weight excluding hydrogens is 422 g/mol. The van der Waals surface area contributed by atoms with Crippen molar-refractivity contribution in [3.05, 3.63) is 12.2 Å². The molecule has 0 fully saturated rings. The van der Waals surface area contributed by atoms with Gasteiger partial charge in [-0.2, -0.15) is 0 Å². The van der Waals surface area contributed by atoms with E-state index >= 15 is 0 Å². The average Bonchev–Trinajstić information content (AvgIpc) is 2.73. The van der Waals surface area contributed by atoms with Crippen LogP contribution in [0.4, 0.5) is 0 Å². The zero-order chi connectivity index (χ0) is 24.8. The summed E-state index contributed by atoms with van der Waals surface area (Å²) in [6.07, 6.45) is 18.0. The van der Waals surface area contributed by atoms with Crippen molar-refractivity contribution in [1.82, 2.24) is 0 Å². The van der Waals surface area contributed by atoms with E-state index in [1.165, 1.54) is 51.4 Å². The Morgan fingerprint density at radius 3 is 1.45 bits per heavy atom. The van der Waals surface area contributed by atoms with Gasteiger partial charge in [-0.15, -0.1) is 0 Å². The van der Waals surface area contributed by atoms with E-state index in [9.17, 15) is 19.5 Å². The van der Waals surface area contributed by atoms with E-state index < -0.39 is 17.9 Å². The second-order valence-electron chi connectivity index (χ2n) is 9.25. The first-order valence-electron chi connectivity index (χ1n) is 12.9. The van der Waals surface area contributed by atoms with Gasteiger partial charge in [0.15, 0.2) is 0 Å². The highest BCUT2D eigenvalue weighted by Crippen LogP contribution is 2.18. The van der Waals surface area contributed by atoms with Crippen molar-refractivity contribution >= 4 is 17.9 Å². The summed E-state index contributed by atoms with van der Waals surface area (Å²) in [6.45, 7) is 4.82. The second kappa shape index (κ2) is 20.7. The van der Waals surface area contributed by atoms with E-state index in [4.69, 9.17) is 10.2 Å². The lowest BCUT2D eigenvalue weighted by molar-refractivity contribution is -0.929. The Morgan fingerprint density at radius 1 is 0.636 bits per heavy atom. The molecule has 7 heteroatoms. The normalized spacial score (nSPS) is 11.8. The highest BCUT2D eigenvalue weighted by Gasteiger charge is 2.26. The Bertz CT molecular complexity index is 511. The molecule has 0 radical (unpaired) electrons. The first-order valence-corrected chi connectivity index (χ1v) is 12.9. The fourth-order valence-corrected chi connectivity index (χ4v) is 4.47. The van der Waals surface area contributed by atoms with Gasteiger partial charge in [0.05, 0.1) is 39.0 Å². The molecule has 0 aromatic carbocycles. The predicted molar refractivity (Wildman–Crippen MR) is 129 cm³/mol. The standard InChI is InChI=1S/C26H47NO6/c1-2-3-4-5-6-7-8-9-10-11-12-13-20-27(21-14-17-24(28)29,22-15-18-25(30)31)23-16-19-26(32)33/h2-3H,4-23H2,1H3,(H2-,28,29,30,31,32,33)/b3-2+. The van der Waals surface area contributed by atoms with Crippen LogP contribution in [-0.4, -0.2) is 58.8 Å². The van der Waals surface area contributed by atoms with Gasteiger partial charge in [0.1, 0.15) is 0 Å². The average molecular weight is 470 g/mol. The first-order chi connectivity index (χ1) is 15.8. The number of carboxylic acids is 3. The fraction of sp³-hybridized carbons (Fsp3) is 0.808. The van der Waals surface area contributed by atoms with E-state index in [0.29, 0.717) is 43.4 Å². The van der Waals surface area contributed by atoms with Crippen LogP contribution in [0.15, 0.2) is 12.2 Å². The summed E-state index contributed by atoms with van der Waals surface area (Å²) in [4.78, 5) is 32.9. The van der Waals surface area contributed by atoms with Crippen LogP contribution < -0.4 is 5.11 Å². The number of carboxylic acid groups (broad SMARTS) is 3. The Kier molecular flexibility index (Phi) is 19.5. The van der Waals surface area contributed by atoms with Crippen LogP contribution >= 0.6 is 0 Å². The lowest BCUT2D eigenvalue weighted by Crippen LogP contribution is -2.51. The zero-order valence-corrected chi connectivity index (χ0v) is 20.8. The molecule has 0 rings (SSSR count). The summed E-state index contributed by atoms with van der Waals surface area (Å²) in [6, 6.07) is 0. The molecule has 0 aliphatic rings. The maximum absolute atomic E-state index is 11.0. The molecule has 33 heavy (non-hydrogen) atoms. The maximum Gasteiger partial charge on any atom is 0.303 e. The minimum atomic E-state index is -1.08. The van der Waals surface area contributed by atoms with Gasteiger partial charge in [0.2, 0.25) is 0 Å². The topological polar surface area (TPSA) is 115 Å². The van der Waals surface area contributed by atoms with Crippen molar-refractivity contribution in [2.24, 2.45) is 0 Å². The Morgan fingerprint density at radius 2 is 1.03 bits per heavy atom. The second-order valence-corrected chi connectivity index (χ2v) is 9.25. The highest BCUT2D eigenvalue weighted by molar-refractivity contribution is 5.66. The van der Waals surface area contributed by atoms with E-state index in [2.05, 4.69) is 19.1 Å². The molecule has 0 saturated carbocycles. The summed E-state index contributed by atoms with van der Waals surface area (Å²) in [5.41, 5.74) is 0. The molecule has 0 aliphatic heterocycles. The molecule has 0 heterocycles. The van der Waals surface area contributed by atoms with Crippen LogP contribution in [0.5, 0.6) is 0 Å². The minimum absolute atomic E-state index is 0.0212. The maximum atomic E-state index is 11.0. The summed E-state index contributed by atoms with van der Waals surface area (Å²) < 4.78 is 0.611. The van der Waals surface area contributed by atoms with Crippen LogP contribution in [0.2, 0.25) is 0 Å². The molecule has 0 saturated heterocycles. The molecule has 0 aromatic rings. The van der Waals surface area contributed by atoms with Gasteiger partial charge in [0.25, 0.3) is 0 Å². The van der Waals surface area contributed by atoms with Crippen LogP contribution in [0.3, 0.4) is 0 Å². The van der Waals surface area contributed by atoms with E-state index in [1.807, 2.05) is 0 Å². The van der Waals surface area contributed by atoms with Gasteiger partial charge in [-0.25, -0.2) is 0 Å². The smallest absolute Gasteiger partial charge is 0.303 e. The third kappa shape index (κ3) is 20.4. The summed E-state index contributed by atoms with van der Waals surface area (Å²) in [5.74, 6) is -2.75. The third-order valence-electron chi connectivity index (χ3n) is 6.30. The molecule has 0 aromatic heterocycles. The predicted octanol–water partition coefficient (Wildman–Crippen LogP) is 4.54. The summed E-state index contributed by atoms with van der Waals surface area (Å²) in [5, 5.41) is 28.9. The third-order valence-corrected chi connectivity index (χ3v) is 6.30. The molecule has 0 amide bonds. The molecule has 7 nitrogen and oxygen atoms in total. The number of rotatable bonds is 24. The van der Waals surface area contributed by atoms with E-state index in [0.717, 1.165) is 19.4 Å². The van der Waals surface area contributed by atoms with Crippen LogP contribution in [0.1, 0.15) is 110 Å². The van der Waals surface area contributed by atoms with Crippen molar-refractivity contribution in [3.63, 3.8) is 0 Å². The Balaban J connectivity index is 4.49. The summed E-state index contributed by atoms with van der Waals surface area (Å²) in [7, 11) is 0. The quantitative estimate of drug-likeness (QED) is 0.122. The number of carbonyl (C=O) groups is 3. The molecule has 0 atom stereocenters. The Labute approximate surface area is 200 Å². The first kappa shape index (κ1) is 31.1.